The van der Waals surface area contributed by atoms with E-state index in [-0.39, 0.29) is 24.9 Å². The Morgan fingerprint density at radius 3 is 2.17 bits per heavy atom. The van der Waals surface area contributed by atoms with Crippen molar-refractivity contribution >= 4 is 35.4 Å². The minimum absolute atomic E-state index is 0.103. The molecule has 1 aromatic carbocycles. The number of aromatic amines is 1. The summed E-state index contributed by atoms with van der Waals surface area (Å²) in [6, 6.07) is 6.11. The first kappa shape index (κ1) is 37.5. The molecule has 0 saturated carbocycles. The van der Waals surface area contributed by atoms with Crippen LogP contribution in [0.3, 0.4) is 0 Å². The zero-order valence-corrected chi connectivity index (χ0v) is 29.2. The second kappa shape index (κ2) is 15.7. The molecule has 0 aliphatic heterocycles. The van der Waals surface area contributed by atoms with Crippen molar-refractivity contribution in [1.82, 2.24) is 20.3 Å². The largest absolute Gasteiger partial charge is 0.462 e. The number of hydrogen-bond acceptors (Lipinski definition) is 10. The number of rotatable bonds is 13. The number of halogens is 1. The summed E-state index contributed by atoms with van der Waals surface area (Å²) in [5.74, 6) is -1.12. The molecule has 256 valence electrons. The summed E-state index contributed by atoms with van der Waals surface area (Å²) in [6.45, 7) is 15.0. The number of ether oxygens (including phenoxy) is 2. The molecule has 2 aromatic heterocycles. The topological polar surface area (TPSA) is 187 Å². The molecule has 3 aromatic rings. The fraction of sp³-hybridized carbons (Fsp3) is 0.500. The van der Waals surface area contributed by atoms with E-state index in [9.17, 15) is 14.4 Å². The van der Waals surface area contributed by atoms with Crippen LogP contribution < -0.4 is 22.1 Å². The Morgan fingerprint density at radius 1 is 0.979 bits per heavy atom. The maximum atomic E-state index is 13.4. The highest BCUT2D eigenvalue weighted by molar-refractivity contribution is 6.30. The highest BCUT2D eigenvalue weighted by Crippen LogP contribution is 2.25. The molecule has 2 heterocycles. The van der Waals surface area contributed by atoms with Crippen LogP contribution in [0.2, 0.25) is 5.02 Å². The van der Waals surface area contributed by atoms with Gasteiger partial charge in [0.1, 0.15) is 31.0 Å². The number of aromatic nitrogens is 3. The number of H-pyrrole nitrogens is 1. The van der Waals surface area contributed by atoms with Crippen molar-refractivity contribution in [3.63, 3.8) is 0 Å². The smallest absolute Gasteiger partial charge is 0.323 e. The molecule has 1 amide bonds. The van der Waals surface area contributed by atoms with Crippen molar-refractivity contribution in [3.8, 4) is 11.3 Å². The van der Waals surface area contributed by atoms with E-state index in [1.54, 1.807) is 42.7 Å². The number of hydrogen-bond donors (Lipinski definition) is 5. The van der Waals surface area contributed by atoms with E-state index in [1.165, 1.54) is 0 Å². The summed E-state index contributed by atoms with van der Waals surface area (Å²) in [5.41, 5.74) is 14.2. The summed E-state index contributed by atoms with van der Waals surface area (Å²) >= 11 is 6.22. The minimum Gasteiger partial charge on any atom is -0.462 e. The van der Waals surface area contributed by atoms with Gasteiger partial charge in [0.15, 0.2) is 0 Å². The van der Waals surface area contributed by atoms with E-state index in [0.717, 1.165) is 5.56 Å². The standard InChI is InChI=1S/C34H48ClN7O5/c1-9-23(17-46-30(44)27(36)33(3,4)5)40-32-39-15-19(2)26(42-32)21-14-24(38-16-21)29(43)41-25(20-11-10-12-22(35)13-20)18-47-31(45)28(37)34(6,7)8/h10-16,23,25,27-28,38H,9,17-18,36-37H2,1-8H3,(H,41,43)(H,39,40,42)/t23-,25-,27-,28+/m1/s1. The second-order valence-electron chi connectivity index (χ2n) is 13.8. The van der Waals surface area contributed by atoms with Gasteiger partial charge in [-0.3, -0.25) is 14.4 Å². The lowest BCUT2D eigenvalue weighted by molar-refractivity contribution is -0.149. The Kier molecular flexibility index (Phi) is 12.5. The van der Waals surface area contributed by atoms with Gasteiger partial charge in [0.2, 0.25) is 5.95 Å². The van der Waals surface area contributed by atoms with Crippen LogP contribution >= 0.6 is 11.6 Å². The van der Waals surface area contributed by atoms with Crippen molar-refractivity contribution in [2.45, 2.75) is 86.0 Å². The number of nitrogens with zero attached hydrogens (tertiary/aromatic N) is 2. The summed E-state index contributed by atoms with van der Waals surface area (Å²) in [6.07, 6.45) is 4.00. The number of nitrogens with one attached hydrogen (secondary N) is 3. The van der Waals surface area contributed by atoms with Crippen molar-refractivity contribution in [2.24, 2.45) is 22.3 Å². The highest BCUT2D eigenvalue weighted by Gasteiger charge is 2.31. The van der Waals surface area contributed by atoms with Gasteiger partial charge in [0, 0.05) is 23.0 Å². The van der Waals surface area contributed by atoms with E-state index >= 15 is 0 Å². The van der Waals surface area contributed by atoms with Gasteiger partial charge in [-0.1, -0.05) is 72.2 Å². The third-order valence-electron chi connectivity index (χ3n) is 7.75. The summed E-state index contributed by atoms with van der Waals surface area (Å²) in [5, 5.41) is 6.63. The summed E-state index contributed by atoms with van der Waals surface area (Å²) in [7, 11) is 0. The molecule has 47 heavy (non-hydrogen) atoms. The van der Waals surface area contributed by atoms with Crippen LogP contribution in [0.25, 0.3) is 11.3 Å². The predicted molar refractivity (Wildman–Crippen MR) is 183 cm³/mol. The molecule has 0 aliphatic carbocycles. The predicted octanol–water partition coefficient (Wildman–Crippen LogP) is 4.93. The molecule has 12 nitrogen and oxygen atoms in total. The molecule has 7 N–H and O–H groups in total. The first-order valence-corrected chi connectivity index (χ1v) is 16.0. The average Bonchev–Trinajstić information content (AvgIpc) is 3.50. The van der Waals surface area contributed by atoms with Crippen molar-refractivity contribution < 1.29 is 23.9 Å². The third kappa shape index (κ3) is 10.5. The zero-order valence-electron chi connectivity index (χ0n) is 28.4. The normalized spacial score (nSPS) is 14.4. The third-order valence-corrected chi connectivity index (χ3v) is 7.98. The molecule has 0 unspecified atom stereocenters. The number of anilines is 1. The van der Waals surface area contributed by atoms with Gasteiger partial charge in [-0.05, 0) is 53.5 Å². The van der Waals surface area contributed by atoms with E-state index in [4.69, 9.17) is 32.5 Å². The number of aryl methyl sites for hydroxylation is 1. The molecule has 4 atom stereocenters. The van der Waals surface area contributed by atoms with Crippen LogP contribution in [0.1, 0.15) is 82.5 Å². The van der Waals surface area contributed by atoms with Crippen molar-refractivity contribution in [3.05, 3.63) is 64.6 Å². The van der Waals surface area contributed by atoms with Gasteiger partial charge in [-0.25, -0.2) is 9.97 Å². The molecule has 0 bridgehead atoms. The quantitative estimate of drug-likeness (QED) is 0.156. The second-order valence-corrected chi connectivity index (χ2v) is 14.2. The monoisotopic (exact) mass is 669 g/mol. The number of carbonyl (C=O) groups excluding carboxylic acids is 3. The van der Waals surface area contributed by atoms with E-state index < -0.39 is 46.8 Å². The number of amides is 1. The van der Waals surface area contributed by atoms with Crippen LogP contribution in [0.15, 0.2) is 42.7 Å². The lowest BCUT2D eigenvalue weighted by atomic mass is 9.87. The molecule has 3 rings (SSSR count). The number of carbonyl (C=O) groups is 3. The number of esters is 2. The minimum atomic E-state index is -0.839. The first-order valence-electron chi connectivity index (χ1n) is 15.6. The molecule has 0 radical (unpaired) electrons. The van der Waals surface area contributed by atoms with Crippen LogP contribution in [0.4, 0.5) is 5.95 Å². The molecule has 0 spiro atoms. The van der Waals surface area contributed by atoms with E-state index in [2.05, 4.69) is 25.6 Å². The van der Waals surface area contributed by atoms with Crippen molar-refractivity contribution in [2.75, 3.05) is 18.5 Å². The summed E-state index contributed by atoms with van der Waals surface area (Å²) < 4.78 is 11.0. The Labute approximate surface area is 281 Å². The Hall–Kier alpha value is -4.00. The van der Waals surface area contributed by atoms with Gasteiger partial charge in [0.25, 0.3) is 5.91 Å². The first-order chi connectivity index (χ1) is 21.9. The SMILES string of the molecule is CC[C@H](COC(=O)[C@@H](N)C(C)(C)C)Nc1ncc(C)c(-c2c[nH]c(C(=O)N[C@H](COC(=O)[C@H](N)C(C)(C)C)c3cccc(Cl)c3)c2)n1. The van der Waals surface area contributed by atoms with Crippen LogP contribution in [0, 0.1) is 17.8 Å². The number of benzene rings is 1. The molecule has 13 heteroatoms. The van der Waals surface area contributed by atoms with Crippen LogP contribution in [-0.2, 0) is 19.1 Å². The maximum Gasteiger partial charge on any atom is 0.323 e. The Morgan fingerprint density at radius 2 is 1.60 bits per heavy atom. The maximum absolute atomic E-state index is 13.4. The van der Waals surface area contributed by atoms with Gasteiger partial charge in [-0.2, -0.15) is 0 Å². The Bertz CT molecular complexity index is 1550. The molecular weight excluding hydrogens is 622 g/mol. The van der Waals surface area contributed by atoms with Gasteiger partial charge >= 0.3 is 11.9 Å². The molecule has 0 fully saturated rings. The van der Waals surface area contributed by atoms with E-state index in [1.807, 2.05) is 55.4 Å². The van der Waals surface area contributed by atoms with Crippen LogP contribution in [-0.4, -0.2) is 64.1 Å². The molecule has 0 aliphatic rings. The lowest BCUT2D eigenvalue weighted by Gasteiger charge is -2.26. The van der Waals surface area contributed by atoms with Gasteiger partial charge in [0.05, 0.1) is 17.8 Å². The fourth-order valence-electron chi connectivity index (χ4n) is 4.33. The molecule has 0 saturated heterocycles. The van der Waals surface area contributed by atoms with Gasteiger partial charge < -0.3 is 36.6 Å². The Balaban J connectivity index is 1.74. The van der Waals surface area contributed by atoms with Crippen LogP contribution in [0.5, 0.6) is 0 Å². The zero-order chi connectivity index (χ0) is 35.1. The number of nitrogens with two attached hydrogens (primary N) is 2. The summed E-state index contributed by atoms with van der Waals surface area (Å²) in [4.78, 5) is 50.6. The lowest BCUT2D eigenvalue weighted by Crippen LogP contribution is -2.44. The average molecular weight is 670 g/mol. The molecular formula is C34H48ClN7O5. The van der Waals surface area contributed by atoms with E-state index in [0.29, 0.717) is 34.2 Å². The van der Waals surface area contributed by atoms with Crippen molar-refractivity contribution in [1.29, 1.82) is 0 Å². The van der Waals surface area contributed by atoms with Gasteiger partial charge in [-0.15, -0.1) is 0 Å². The highest BCUT2D eigenvalue weighted by atomic mass is 35.5. The fourth-order valence-corrected chi connectivity index (χ4v) is 4.52.